The minimum absolute atomic E-state index is 0.0401. The maximum absolute atomic E-state index is 13.3. The molecule has 2 heterocycles. The van der Waals surface area contributed by atoms with E-state index in [0.717, 1.165) is 17.0 Å². The SMILES string of the molecule is NC1=NN=C(CN2C(=O)c3ccccc3C2=O)/C1=N/Nc1ccc(F)c(F)c1. The molecular formula is C18H12F2N6O2. The Hall–Kier alpha value is -3.95. The standard InChI is InChI=1S/C18H12F2N6O2/c19-12-6-5-9(7-13(12)20)22-24-15-14(23-25-16(15)21)8-26-17(27)10-3-1-2-4-11(10)18(26)28/h1-7,22H,8H2,(H2,21,24,25). The lowest BCUT2D eigenvalue weighted by Gasteiger charge is -2.14. The van der Waals surface area contributed by atoms with Crippen LogP contribution in [0.4, 0.5) is 14.5 Å². The number of anilines is 1. The van der Waals surface area contributed by atoms with E-state index in [1.165, 1.54) is 6.07 Å². The lowest BCUT2D eigenvalue weighted by molar-refractivity contribution is 0.0678. The zero-order valence-electron chi connectivity index (χ0n) is 14.2. The molecule has 0 aliphatic carbocycles. The maximum Gasteiger partial charge on any atom is 0.261 e. The first-order valence-electron chi connectivity index (χ1n) is 8.10. The summed E-state index contributed by atoms with van der Waals surface area (Å²) in [7, 11) is 0. The number of rotatable bonds is 4. The van der Waals surface area contributed by atoms with Gasteiger partial charge < -0.3 is 5.73 Å². The Bertz CT molecular complexity index is 1070. The van der Waals surface area contributed by atoms with Gasteiger partial charge >= 0.3 is 0 Å². The van der Waals surface area contributed by atoms with Gasteiger partial charge in [0, 0.05) is 6.07 Å². The first-order valence-corrected chi connectivity index (χ1v) is 8.10. The molecule has 0 saturated heterocycles. The minimum atomic E-state index is -1.04. The van der Waals surface area contributed by atoms with Crippen molar-refractivity contribution in [3.05, 3.63) is 65.2 Å². The molecule has 2 aliphatic rings. The van der Waals surface area contributed by atoms with E-state index in [9.17, 15) is 18.4 Å². The summed E-state index contributed by atoms with van der Waals surface area (Å²) < 4.78 is 26.3. The highest BCUT2D eigenvalue weighted by atomic mass is 19.2. The first-order chi connectivity index (χ1) is 13.5. The highest BCUT2D eigenvalue weighted by Gasteiger charge is 2.37. The molecule has 0 aromatic heterocycles. The molecule has 8 nitrogen and oxygen atoms in total. The summed E-state index contributed by atoms with van der Waals surface area (Å²) in [6.07, 6.45) is 0. The van der Waals surface area contributed by atoms with Gasteiger partial charge in [-0.2, -0.15) is 5.10 Å². The Morgan fingerprint density at radius 1 is 1.00 bits per heavy atom. The quantitative estimate of drug-likeness (QED) is 0.620. The number of imide groups is 1. The predicted molar refractivity (Wildman–Crippen MR) is 98.3 cm³/mol. The summed E-state index contributed by atoms with van der Waals surface area (Å²) in [6.45, 7) is -0.186. The third-order valence-electron chi connectivity index (χ3n) is 4.20. The number of nitrogens with one attached hydrogen (secondary N) is 1. The molecule has 2 aliphatic heterocycles. The molecule has 4 rings (SSSR count). The summed E-state index contributed by atoms with van der Waals surface area (Å²) in [5.74, 6) is -2.99. The van der Waals surface area contributed by atoms with Crippen molar-refractivity contribution in [1.82, 2.24) is 4.90 Å². The van der Waals surface area contributed by atoms with Crippen LogP contribution in [-0.4, -0.2) is 40.5 Å². The van der Waals surface area contributed by atoms with E-state index < -0.39 is 23.4 Å². The predicted octanol–water partition coefficient (Wildman–Crippen LogP) is 1.76. The first kappa shape index (κ1) is 17.5. The van der Waals surface area contributed by atoms with Crippen LogP contribution < -0.4 is 11.2 Å². The Morgan fingerprint density at radius 3 is 2.32 bits per heavy atom. The fraction of sp³-hybridized carbons (Fsp3) is 0.0556. The molecule has 0 radical (unpaired) electrons. The maximum atomic E-state index is 13.3. The second kappa shape index (κ2) is 6.65. The van der Waals surface area contributed by atoms with E-state index in [2.05, 4.69) is 20.7 Å². The second-order valence-corrected chi connectivity index (χ2v) is 5.98. The summed E-state index contributed by atoms with van der Waals surface area (Å²) in [5, 5.41) is 11.6. The van der Waals surface area contributed by atoms with Crippen molar-refractivity contribution < 1.29 is 18.4 Å². The van der Waals surface area contributed by atoms with Crippen LogP contribution in [0.25, 0.3) is 0 Å². The van der Waals surface area contributed by atoms with Crippen LogP contribution in [-0.2, 0) is 0 Å². The third-order valence-corrected chi connectivity index (χ3v) is 4.20. The molecule has 0 spiro atoms. The van der Waals surface area contributed by atoms with Crippen molar-refractivity contribution in [2.24, 2.45) is 21.0 Å². The highest BCUT2D eigenvalue weighted by Crippen LogP contribution is 2.22. The van der Waals surface area contributed by atoms with Crippen LogP contribution in [0.15, 0.2) is 57.8 Å². The fourth-order valence-electron chi connectivity index (χ4n) is 2.80. The van der Waals surface area contributed by atoms with Gasteiger partial charge in [0.2, 0.25) is 0 Å². The molecule has 140 valence electrons. The van der Waals surface area contributed by atoms with Crippen molar-refractivity contribution in [3.8, 4) is 0 Å². The number of nitrogens with zero attached hydrogens (tertiary/aromatic N) is 4. The Labute approximate surface area is 157 Å². The number of amidine groups is 1. The molecule has 0 fully saturated rings. The Morgan fingerprint density at radius 2 is 1.68 bits per heavy atom. The van der Waals surface area contributed by atoms with Gasteiger partial charge in [-0.15, -0.1) is 10.2 Å². The number of carbonyl (C=O) groups is 2. The monoisotopic (exact) mass is 382 g/mol. The van der Waals surface area contributed by atoms with Crippen LogP contribution >= 0.6 is 0 Å². The number of hydrogen-bond acceptors (Lipinski definition) is 7. The summed E-state index contributed by atoms with van der Waals surface area (Å²) in [4.78, 5) is 26.0. The van der Waals surface area contributed by atoms with Crippen molar-refractivity contribution in [3.63, 3.8) is 0 Å². The van der Waals surface area contributed by atoms with Crippen LogP contribution in [0.3, 0.4) is 0 Å². The van der Waals surface area contributed by atoms with Crippen molar-refractivity contribution >= 4 is 34.8 Å². The summed E-state index contributed by atoms with van der Waals surface area (Å²) in [6, 6.07) is 9.61. The number of hydrazone groups is 1. The van der Waals surface area contributed by atoms with Crippen LogP contribution in [0, 0.1) is 11.6 Å². The number of hydrogen-bond donors (Lipinski definition) is 2. The van der Waals surface area contributed by atoms with Gasteiger partial charge in [-0.25, -0.2) is 8.78 Å². The normalized spacial score (nSPS) is 17.1. The van der Waals surface area contributed by atoms with Gasteiger partial charge in [0.15, 0.2) is 23.2 Å². The average Bonchev–Trinajstić information content (AvgIpc) is 3.16. The van der Waals surface area contributed by atoms with Gasteiger partial charge in [-0.1, -0.05) is 12.1 Å². The zero-order valence-corrected chi connectivity index (χ0v) is 14.2. The summed E-state index contributed by atoms with van der Waals surface area (Å²) in [5.41, 5.74) is 9.35. The van der Waals surface area contributed by atoms with E-state index in [4.69, 9.17) is 5.73 Å². The molecule has 0 saturated carbocycles. The second-order valence-electron chi connectivity index (χ2n) is 5.98. The molecule has 0 unspecified atom stereocenters. The van der Waals surface area contributed by atoms with E-state index in [1.807, 2.05) is 0 Å². The number of halogens is 2. The zero-order chi connectivity index (χ0) is 19.8. The molecule has 0 atom stereocenters. The molecule has 3 N–H and O–H groups in total. The smallest absolute Gasteiger partial charge is 0.261 e. The Kier molecular flexibility index (Phi) is 4.15. The van der Waals surface area contributed by atoms with Gasteiger partial charge in [-0.3, -0.25) is 19.9 Å². The largest absolute Gasteiger partial charge is 0.380 e. The molecule has 0 bridgehead atoms. The summed E-state index contributed by atoms with van der Waals surface area (Å²) >= 11 is 0. The fourth-order valence-corrected chi connectivity index (χ4v) is 2.80. The van der Waals surface area contributed by atoms with Gasteiger partial charge in [0.25, 0.3) is 11.8 Å². The van der Waals surface area contributed by atoms with E-state index in [0.29, 0.717) is 11.1 Å². The highest BCUT2D eigenvalue weighted by molar-refractivity contribution is 6.70. The third kappa shape index (κ3) is 2.90. The average molecular weight is 382 g/mol. The molecule has 28 heavy (non-hydrogen) atoms. The lowest BCUT2D eigenvalue weighted by Crippen LogP contribution is -2.40. The molecule has 2 aromatic rings. The van der Waals surface area contributed by atoms with Crippen LogP contribution in [0.2, 0.25) is 0 Å². The molecular weight excluding hydrogens is 370 g/mol. The molecule has 2 aromatic carbocycles. The van der Waals surface area contributed by atoms with Crippen LogP contribution in [0.1, 0.15) is 20.7 Å². The number of fused-ring (bicyclic) bond motifs is 1. The molecule has 10 heteroatoms. The van der Waals surface area contributed by atoms with Crippen molar-refractivity contribution in [2.75, 3.05) is 12.0 Å². The number of carbonyl (C=O) groups excluding carboxylic acids is 2. The van der Waals surface area contributed by atoms with Gasteiger partial charge in [-0.05, 0) is 24.3 Å². The van der Waals surface area contributed by atoms with Crippen LogP contribution in [0.5, 0.6) is 0 Å². The lowest BCUT2D eigenvalue weighted by atomic mass is 10.1. The van der Waals surface area contributed by atoms with E-state index in [1.54, 1.807) is 24.3 Å². The topological polar surface area (TPSA) is 113 Å². The van der Waals surface area contributed by atoms with Gasteiger partial charge in [0.1, 0.15) is 5.71 Å². The van der Waals surface area contributed by atoms with E-state index >= 15 is 0 Å². The number of benzene rings is 2. The van der Waals surface area contributed by atoms with Crippen molar-refractivity contribution in [2.45, 2.75) is 0 Å². The van der Waals surface area contributed by atoms with Gasteiger partial charge in [0.05, 0.1) is 23.4 Å². The molecule has 2 amide bonds. The minimum Gasteiger partial charge on any atom is -0.380 e. The van der Waals surface area contributed by atoms with Crippen molar-refractivity contribution in [1.29, 1.82) is 0 Å². The van der Waals surface area contributed by atoms with E-state index in [-0.39, 0.29) is 29.5 Å². The Balaban J connectivity index is 1.54. The number of nitrogens with two attached hydrogens (primary N) is 1. The number of amides is 2.